The van der Waals surface area contributed by atoms with Gasteiger partial charge in [-0.1, -0.05) is 37.2 Å². The molecule has 0 radical (unpaired) electrons. The average Bonchev–Trinajstić information content (AvgIpc) is 3.03. The molecule has 0 fully saturated rings. The number of nitrogens with one attached hydrogen (secondary N) is 1. The Morgan fingerprint density at radius 2 is 2.20 bits per heavy atom. The number of hydrogen-bond donors (Lipinski definition) is 3. The number of hydrogen-bond acceptors (Lipinski definition) is 3. The maximum Gasteiger partial charge on any atom is 0.126 e. The van der Waals surface area contributed by atoms with Crippen molar-refractivity contribution in [2.75, 3.05) is 0 Å². The number of rotatable bonds is 6. The van der Waals surface area contributed by atoms with Gasteiger partial charge in [-0.25, -0.2) is 9.37 Å². The fraction of sp³-hybridized carbons (Fsp3) is 0.316. The Morgan fingerprint density at radius 1 is 1.52 bits per heavy atom. The Bertz CT molecular complexity index is 852. The fourth-order valence-electron chi connectivity index (χ4n) is 2.39. The summed E-state index contributed by atoms with van der Waals surface area (Å²) in [6, 6.07) is 2.97. The minimum atomic E-state index is -0.748. The third-order valence-electron chi connectivity index (χ3n) is 4.12. The van der Waals surface area contributed by atoms with Crippen LogP contribution in [0.1, 0.15) is 44.6 Å². The predicted molar refractivity (Wildman–Crippen MR) is 102 cm³/mol. The Balaban J connectivity index is 2.52. The van der Waals surface area contributed by atoms with Gasteiger partial charge in [0.2, 0.25) is 0 Å². The van der Waals surface area contributed by atoms with Crippen LogP contribution in [0.5, 0.6) is 0 Å². The van der Waals surface area contributed by atoms with Gasteiger partial charge in [0.15, 0.2) is 0 Å². The van der Waals surface area contributed by atoms with Crippen LogP contribution < -0.4 is 5.73 Å². The molecule has 0 spiro atoms. The first-order valence-electron chi connectivity index (χ1n) is 8.13. The molecule has 134 valence electrons. The van der Waals surface area contributed by atoms with Gasteiger partial charge in [0.1, 0.15) is 17.2 Å². The molecule has 2 rings (SSSR count). The number of nitrogens with two attached hydrogens (primary N) is 1. The molecule has 0 aliphatic rings. The summed E-state index contributed by atoms with van der Waals surface area (Å²) in [6.45, 7) is 8.96. The molecule has 1 aromatic carbocycles. The lowest BCUT2D eigenvalue weighted by atomic mass is 10.0. The van der Waals surface area contributed by atoms with E-state index in [1.807, 2.05) is 19.9 Å². The number of aliphatic hydroxyl groups excluding tert-OH is 1. The van der Waals surface area contributed by atoms with Crippen molar-refractivity contribution >= 4 is 28.2 Å². The molecule has 4 N–H and O–H groups in total. The minimum Gasteiger partial charge on any atom is -0.391 e. The molecular weight excluding hydrogens is 341 g/mol. The third-order valence-corrected chi connectivity index (χ3v) is 4.50. The van der Waals surface area contributed by atoms with E-state index in [0.29, 0.717) is 45.0 Å². The smallest absolute Gasteiger partial charge is 0.126 e. The molecule has 0 saturated carbocycles. The van der Waals surface area contributed by atoms with Crippen molar-refractivity contribution in [3.63, 3.8) is 0 Å². The molecule has 2 atom stereocenters. The number of aromatic nitrogens is 2. The molecule has 25 heavy (non-hydrogen) atoms. The quantitative estimate of drug-likeness (QED) is 0.644. The van der Waals surface area contributed by atoms with Crippen LogP contribution in [0.15, 0.2) is 42.3 Å². The van der Waals surface area contributed by atoms with E-state index in [0.717, 1.165) is 0 Å². The summed E-state index contributed by atoms with van der Waals surface area (Å²) in [5.41, 5.74) is 8.90. The topological polar surface area (TPSA) is 74.9 Å². The molecule has 6 heteroatoms. The Labute approximate surface area is 151 Å². The highest BCUT2D eigenvalue weighted by Crippen LogP contribution is 2.33. The van der Waals surface area contributed by atoms with Crippen molar-refractivity contribution < 1.29 is 9.50 Å². The zero-order valence-electron chi connectivity index (χ0n) is 14.6. The van der Waals surface area contributed by atoms with Gasteiger partial charge < -0.3 is 15.8 Å². The number of H-pyrrole nitrogens is 1. The van der Waals surface area contributed by atoms with Crippen LogP contribution in [-0.4, -0.2) is 21.2 Å². The molecule has 4 nitrogen and oxygen atoms in total. The number of allylic oxidation sites excluding steroid dienone is 5. The molecule has 2 aromatic rings. The first-order valence-corrected chi connectivity index (χ1v) is 8.51. The van der Waals surface area contributed by atoms with Gasteiger partial charge in [-0.2, -0.15) is 0 Å². The van der Waals surface area contributed by atoms with Gasteiger partial charge in [0, 0.05) is 5.56 Å². The van der Waals surface area contributed by atoms with Crippen LogP contribution in [0.4, 0.5) is 4.39 Å². The van der Waals surface area contributed by atoms with E-state index in [2.05, 4.69) is 16.5 Å². The first-order chi connectivity index (χ1) is 11.8. The minimum absolute atomic E-state index is 0.370. The fourth-order valence-corrected chi connectivity index (χ4v) is 2.71. The maximum atomic E-state index is 14.2. The van der Waals surface area contributed by atoms with Gasteiger partial charge in [-0.05, 0) is 43.6 Å². The molecule has 0 saturated heterocycles. The van der Waals surface area contributed by atoms with Gasteiger partial charge in [0.05, 0.1) is 22.7 Å². The lowest BCUT2D eigenvalue weighted by Crippen LogP contribution is -2.24. The largest absolute Gasteiger partial charge is 0.391 e. The molecule has 0 aliphatic carbocycles. The molecule has 1 heterocycles. The lowest BCUT2D eigenvalue weighted by molar-refractivity contribution is 0.161. The van der Waals surface area contributed by atoms with Gasteiger partial charge in [-0.3, -0.25) is 0 Å². The second kappa shape index (κ2) is 7.95. The van der Waals surface area contributed by atoms with Gasteiger partial charge in [0.25, 0.3) is 0 Å². The zero-order chi connectivity index (χ0) is 18.7. The summed E-state index contributed by atoms with van der Waals surface area (Å²) >= 11 is 6.51. The van der Waals surface area contributed by atoms with Crippen LogP contribution in [0.25, 0.3) is 16.6 Å². The van der Waals surface area contributed by atoms with Crippen molar-refractivity contribution in [1.82, 2.24) is 9.97 Å². The van der Waals surface area contributed by atoms with Crippen molar-refractivity contribution in [1.29, 1.82) is 0 Å². The predicted octanol–water partition coefficient (Wildman–Crippen LogP) is 4.82. The zero-order valence-corrected chi connectivity index (χ0v) is 15.4. The Morgan fingerprint density at radius 3 is 2.76 bits per heavy atom. The summed E-state index contributed by atoms with van der Waals surface area (Å²) in [4.78, 5) is 7.48. The monoisotopic (exact) mass is 363 g/mol. The molecule has 0 amide bonds. The van der Waals surface area contributed by atoms with Crippen molar-refractivity contribution in [2.24, 2.45) is 5.73 Å². The molecule has 0 bridgehead atoms. The van der Waals surface area contributed by atoms with Gasteiger partial charge >= 0.3 is 0 Å². The Kier molecular flexibility index (Phi) is 6.16. The number of benzene rings is 1. The Hall–Kier alpha value is -1.95. The van der Waals surface area contributed by atoms with E-state index >= 15 is 0 Å². The van der Waals surface area contributed by atoms with Crippen LogP contribution in [-0.2, 0) is 0 Å². The highest BCUT2D eigenvalue weighted by atomic mass is 35.5. The van der Waals surface area contributed by atoms with E-state index in [9.17, 15) is 9.50 Å². The number of aliphatic hydroxyl groups is 1. The number of imidazole rings is 1. The summed E-state index contributed by atoms with van der Waals surface area (Å²) < 4.78 is 14.2. The van der Waals surface area contributed by atoms with Crippen molar-refractivity contribution in [3.05, 3.63) is 58.7 Å². The van der Waals surface area contributed by atoms with Crippen LogP contribution in [0, 0.1) is 0 Å². The highest BCUT2D eigenvalue weighted by molar-refractivity contribution is 6.36. The average molecular weight is 364 g/mol. The van der Waals surface area contributed by atoms with Gasteiger partial charge in [-0.15, -0.1) is 0 Å². The SMILES string of the molecule is C=C(CC)/C(F)=C\C(=CC)c1ccc2[nH]c(C(N)C(C)O)nc2c1Cl. The van der Waals surface area contributed by atoms with Crippen molar-refractivity contribution in [3.8, 4) is 0 Å². The number of nitrogens with zero attached hydrogens (tertiary/aromatic N) is 1. The summed E-state index contributed by atoms with van der Waals surface area (Å²) in [5, 5.41) is 10.0. The standard InChI is InChI=1S/C19H23ClFN3O/c1-5-10(3)14(21)9-12(6-2)13-7-8-15-18(16(13)20)24-19(23-15)17(22)11(4)25/h6-9,11,17,25H,3,5,22H2,1-2,4H3,(H,23,24)/b12-6?,14-9+. The number of aromatic amines is 1. The van der Waals surface area contributed by atoms with Crippen molar-refractivity contribution in [2.45, 2.75) is 39.3 Å². The second-order valence-electron chi connectivity index (χ2n) is 5.91. The normalized spacial score (nSPS) is 15.5. The van der Waals surface area contributed by atoms with E-state index in [1.54, 1.807) is 19.1 Å². The van der Waals surface area contributed by atoms with Crippen LogP contribution >= 0.6 is 11.6 Å². The number of halogens is 2. The molecule has 0 aliphatic heterocycles. The maximum absolute atomic E-state index is 14.2. The van der Waals surface area contributed by atoms with E-state index < -0.39 is 12.1 Å². The van der Waals surface area contributed by atoms with E-state index in [-0.39, 0.29) is 5.83 Å². The van der Waals surface area contributed by atoms with Crippen LogP contribution in [0.3, 0.4) is 0 Å². The number of fused-ring (bicyclic) bond motifs is 1. The lowest BCUT2D eigenvalue weighted by Gasteiger charge is -2.10. The molecular formula is C19H23ClFN3O. The summed E-state index contributed by atoms with van der Waals surface area (Å²) in [5.74, 6) is 0.0813. The second-order valence-corrected chi connectivity index (χ2v) is 6.28. The van der Waals surface area contributed by atoms with E-state index in [1.165, 1.54) is 6.08 Å². The molecule has 1 aromatic heterocycles. The van der Waals surface area contributed by atoms with E-state index in [4.69, 9.17) is 17.3 Å². The molecule has 2 unspecified atom stereocenters. The van der Waals surface area contributed by atoms with Crippen LogP contribution in [0.2, 0.25) is 5.02 Å². The highest BCUT2D eigenvalue weighted by Gasteiger charge is 2.19. The summed E-state index contributed by atoms with van der Waals surface area (Å²) in [7, 11) is 0. The summed E-state index contributed by atoms with van der Waals surface area (Å²) in [6.07, 6.45) is 2.99. The first kappa shape index (κ1) is 19.4. The third kappa shape index (κ3) is 4.00.